The number of anilines is 4. The van der Waals surface area contributed by atoms with Gasteiger partial charge in [-0.2, -0.15) is 0 Å². The first-order valence-corrected chi connectivity index (χ1v) is 14.9. The van der Waals surface area contributed by atoms with Gasteiger partial charge in [-0.1, -0.05) is 91.0 Å². The molecule has 0 saturated carbocycles. The molecule has 0 radical (unpaired) electrons. The van der Waals surface area contributed by atoms with Crippen molar-refractivity contribution >= 4 is 50.2 Å². The molecule has 1 aliphatic heterocycles. The fourth-order valence-electron chi connectivity index (χ4n) is 7.00. The number of amides is 1. The number of benzene rings is 6. The zero-order chi connectivity index (χ0) is 28.8. The number of allylic oxidation sites excluding steroid dienone is 2. The average molecular weight is 558 g/mol. The first-order chi connectivity index (χ1) is 21.2. The minimum atomic E-state index is -0.116. The van der Waals surface area contributed by atoms with E-state index in [1.807, 2.05) is 66.7 Å². The molecule has 0 aromatic heterocycles. The van der Waals surface area contributed by atoms with Crippen molar-refractivity contribution in [2.45, 2.75) is 18.4 Å². The van der Waals surface area contributed by atoms with Gasteiger partial charge in [-0.3, -0.25) is 4.79 Å². The van der Waals surface area contributed by atoms with Crippen LogP contribution < -0.4 is 16.0 Å². The second kappa shape index (κ2) is 10.5. The normalized spacial score (nSPS) is 18.6. The number of rotatable bonds is 5. The Kier molecular flexibility index (Phi) is 6.19. The molecule has 1 heterocycles. The van der Waals surface area contributed by atoms with E-state index in [0.29, 0.717) is 11.5 Å². The summed E-state index contributed by atoms with van der Waals surface area (Å²) in [5.74, 6) is 0.495. The Balaban J connectivity index is 1.15. The Labute approximate surface area is 251 Å². The lowest BCUT2D eigenvalue weighted by Gasteiger charge is -2.39. The number of hydrogen-bond acceptors (Lipinski definition) is 3. The Bertz CT molecular complexity index is 1960. The predicted molar refractivity (Wildman–Crippen MR) is 178 cm³/mol. The highest BCUT2D eigenvalue weighted by Gasteiger charge is 2.40. The van der Waals surface area contributed by atoms with E-state index >= 15 is 0 Å². The Morgan fingerprint density at radius 3 is 2.07 bits per heavy atom. The zero-order valence-corrected chi connectivity index (χ0v) is 23.6. The fraction of sp³-hybridized carbons (Fsp3) is 0.103. The molecule has 0 fully saturated rings. The molecule has 4 heteroatoms. The lowest BCUT2D eigenvalue weighted by molar-refractivity contribution is 0.102. The van der Waals surface area contributed by atoms with Gasteiger partial charge in [0.05, 0.1) is 17.3 Å². The summed E-state index contributed by atoms with van der Waals surface area (Å²) in [4.78, 5) is 13.8. The van der Waals surface area contributed by atoms with Gasteiger partial charge in [-0.15, -0.1) is 0 Å². The standard InChI is InChI=1S/C39H31N3O/c43-39(41-29-22-20-28(21-23-29)40-27-12-2-1-3-13-27)35-19-9-17-33-32-16-8-18-34(32)38(42-37(33)35)36-30-14-6-4-10-25(30)24-26-11-5-7-15-31(26)36/h1-17,19-24,32,34,38,40,42H,18H2,(H,41,43). The second-order valence-corrected chi connectivity index (χ2v) is 11.5. The minimum absolute atomic E-state index is 0.0563. The van der Waals surface area contributed by atoms with E-state index in [-0.39, 0.29) is 17.9 Å². The Morgan fingerprint density at radius 1 is 0.674 bits per heavy atom. The molecule has 3 N–H and O–H groups in total. The van der Waals surface area contributed by atoms with E-state index in [9.17, 15) is 4.79 Å². The molecule has 4 nitrogen and oxygen atoms in total. The first kappa shape index (κ1) is 25.4. The van der Waals surface area contributed by atoms with E-state index in [1.54, 1.807) is 0 Å². The number of para-hydroxylation sites is 2. The number of fused-ring (bicyclic) bond motifs is 5. The van der Waals surface area contributed by atoms with Crippen LogP contribution in [0.1, 0.15) is 39.9 Å². The summed E-state index contributed by atoms with van der Waals surface area (Å²) in [7, 11) is 0. The summed E-state index contributed by atoms with van der Waals surface area (Å²) >= 11 is 0. The van der Waals surface area contributed by atoms with E-state index < -0.39 is 0 Å². The molecule has 0 saturated heterocycles. The van der Waals surface area contributed by atoms with Gasteiger partial charge in [0, 0.05) is 23.0 Å². The Hall–Kier alpha value is -5.35. The molecule has 1 amide bonds. The van der Waals surface area contributed by atoms with Crippen LogP contribution in [0.5, 0.6) is 0 Å². The van der Waals surface area contributed by atoms with Gasteiger partial charge in [0.25, 0.3) is 5.91 Å². The monoisotopic (exact) mass is 557 g/mol. The average Bonchev–Trinajstić information content (AvgIpc) is 3.55. The highest BCUT2D eigenvalue weighted by atomic mass is 16.1. The topological polar surface area (TPSA) is 53.2 Å². The van der Waals surface area contributed by atoms with Crippen molar-refractivity contribution in [1.82, 2.24) is 0 Å². The molecule has 43 heavy (non-hydrogen) atoms. The molecule has 2 aliphatic rings. The van der Waals surface area contributed by atoms with Gasteiger partial charge < -0.3 is 16.0 Å². The van der Waals surface area contributed by atoms with Gasteiger partial charge in [-0.25, -0.2) is 0 Å². The maximum Gasteiger partial charge on any atom is 0.257 e. The van der Waals surface area contributed by atoms with Crippen LogP contribution in [0.4, 0.5) is 22.7 Å². The van der Waals surface area contributed by atoms with Gasteiger partial charge in [-0.05, 0) is 93.5 Å². The van der Waals surface area contributed by atoms with Crippen LogP contribution in [0.25, 0.3) is 21.5 Å². The van der Waals surface area contributed by atoms with E-state index in [4.69, 9.17) is 0 Å². The second-order valence-electron chi connectivity index (χ2n) is 11.5. The summed E-state index contributed by atoms with van der Waals surface area (Å²) in [6.07, 6.45) is 5.65. The molecule has 6 aromatic carbocycles. The number of nitrogens with one attached hydrogen (secondary N) is 3. The summed E-state index contributed by atoms with van der Waals surface area (Å²) in [6.45, 7) is 0. The highest BCUT2D eigenvalue weighted by molar-refractivity contribution is 6.09. The SMILES string of the molecule is O=C(Nc1ccc(Nc2ccccc2)cc1)c1cccc2c1NC(c1c3ccccc3cc3ccccc13)C1CC=CC21. The molecule has 3 atom stereocenters. The zero-order valence-electron chi connectivity index (χ0n) is 23.6. The van der Waals surface area contributed by atoms with Crippen LogP contribution in [-0.4, -0.2) is 5.91 Å². The third-order valence-corrected chi connectivity index (χ3v) is 8.97. The smallest absolute Gasteiger partial charge is 0.257 e. The van der Waals surface area contributed by atoms with Gasteiger partial charge >= 0.3 is 0 Å². The molecule has 0 spiro atoms. The van der Waals surface area contributed by atoms with Crippen molar-refractivity contribution in [1.29, 1.82) is 0 Å². The molecular weight excluding hydrogens is 526 g/mol. The largest absolute Gasteiger partial charge is 0.377 e. The third kappa shape index (κ3) is 4.52. The maximum atomic E-state index is 13.8. The fourth-order valence-corrected chi connectivity index (χ4v) is 7.00. The summed E-state index contributed by atoms with van der Waals surface area (Å²) in [6, 6.07) is 43.7. The predicted octanol–water partition coefficient (Wildman–Crippen LogP) is 9.82. The highest BCUT2D eigenvalue weighted by Crippen LogP contribution is 2.52. The lowest BCUT2D eigenvalue weighted by atomic mass is 9.74. The van der Waals surface area contributed by atoms with Gasteiger partial charge in [0.2, 0.25) is 0 Å². The maximum absolute atomic E-state index is 13.8. The van der Waals surface area contributed by atoms with Crippen molar-refractivity contribution in [3.05, 3.63) is 156 Å². The first-order valence-electron chi connectivity index (χ1n) is 14.9. The molecule has 0 bridgehead atoms. The van der Waals surface area contributed by atoms with Crippen LogP contribution in [-0.2, 0) is 0 Å². The molecule has 3 unspecified atom stereocenters. The van der Waals surface area contributed by atoms with Crippen molar-refractivity contribution in [2.24, 2.45) is 5.92 Å². The van der Waals surface area contributed by atoms with Crippen LogP contribution in [0, 0.1) is 5.92 Å². The van der Waals surface area contributed by atoms with Crippen LogP contribution in [0.3, 0.4) is 0 Å². The van der Waals surface area contributed by atoms with Crippen LogP contribution >= 0.6 is 0 Å². The van der Waals surface area contributed by atoms with E-state index in [2.05, 4.69) is 88.8 Å². The van der Waals surface area contributed by atoms with Crippen LogP contribution in [0.15, 0.2) is 140 Å². The molecular formula is C39H31N3O. The van der Waals surface area contributed by atoms with Crippen LogP contribution in [0.2, 0.25) is 0 Å². The quantitative estimate of drug-likeness (QED) is 0.146. The molecule has 8 rings (SSSR count). The van der Waals surface area contributed by atoms with Gasteiger partial charge in [0.1, 0.15) is 0 Å². The van der Waals surface area contributed by atoms with E-state index in [1.165, 1.54) is 32.7 Å². The van der Waals surface area contributed by atoms with Gasteiger partial charge in [0.15, 0.2) is 0 Å². The molecule has 1 aliphatic carbocycles. The summed E-state index contributed by atoms with van der Waals surface area (Å²) < 4.78 is 0. The van der Waals surface area contributed by atoms with Crippen molar-refractivity contribution in [2.75, 3.05) is 16.0 Å². The Morgan fingerprint density at radius 2 is 1.33 bits per heavy atom. The number of hydrogen-bond donors (Lipinski definition) is 3. The van der Waals surface area contributed by atoms with Crippen molar-refractivity contribution in [3.63, 3.8) is 0 Å². The summed E-state index contributed by atoms with van der Waals surface area (Å²) in [5, 5.41) is 15.5. The van der Waals surface area contributed by atoms with Crippen molar-refractivity contribution in [3.8, 4) is 0 Å². The summed E-state index contributed by atoms with van der Waals surface area (Å²) in [5.41, 5.74) is 6.84. The molecule has 6 aromatic rings. The minimum Gasteiger partial charge on any atom is -0.377 e. The number of carbonyl (C=O) groups is 1. The molecule has 208 valence electrons. The number of carbonyl (C=O) groups excluding carboxylic acids is 1. The lowest BCUT2D eigenvalue weighted by Crippen LogP contribution is -2.31. The van der Waals surface area contributed by atoms with E-state index in [0.717, 1.165) is 29.2 Å². The van der Waals surface area contributed by atoms with Crippen molar-refractivity contribution < 1.29 is 4.79 Å². The third-order valence-electron chi connectivity index (χ3n) is 8.97.